The fourth-order valence-electron chi connectivity index (χ4n) is 4.59. The number of carboxylic acid groups (broad SMARTS) is 1. The van der Waals surface area contributed by atoms with Gasteiger partial charge in [-0.1, -0.05) is 62.4 Å². The van der Waals surface area contributed by atoms with Crippen LogP contribution in [-0.4, -0.2) is 69.2 Å². The van der Waals surface area contributed by atoms with Crippen LogP contribution in [0.3, 0.4) is 0 Å². The standard InChI is InChI=1S/C30H39N5O6/c1-17(2)13-24(29(39)35-26(18(3)36)30(40)41)34-28(38)25(15-20-16-32-23-12-8-7-11-21(20)23)33-27(37)22(31)14-19-9-5-4-6-10-19/h4-12,16-18,22,24-26,32,36H,13-15,31H2,1-3H3,(H,33,37)(H,34,38)(H,35,39)(H,40,41). The summed E-state index contributed by atoms with van der Waals surface area (Å²) in [5.74, 6) is -3.35. The molecule has 0 aliphatic heterocycles. The number of aliphatic hydroxyl groups excluding tert-OH is 1. The molecule has 11 heteroatoms. The monoisotopic (exact) mass is 565 g/mol. The molecule has 5 atom stereocenters. The van der Waals surface area contributed by atoms with E-state index in [2.05, 4.69) is 20.9 Å². The highest BCUT2D eigenvalue weighted by atomic mass is 16.4. The van der Waals surface area contributed by atoms with Gasteiger partial charge in [-0.3, -0.25) is 14.4 Å². The third kappa shape index (κ3) is 8.89. The first-order valence-corrected chi connectivity index (χ1v) is 13.6. The van der Waals surface area contributed by atoms with Gasteiger partial charge in [0.2, 0.25) is 17.7 Å². The quantitative estimate of drug-likeness (QED) is 0.153. The number of fused-ring (bicyclic) bond motifs is 1. The summed E-state index contributed by atoms with van der Waals surface area (Å²) < 4.78 is 0. The summed E-state index contributed by atoms with van der Waals surface area (Å²) >= 11 is 0. The van der Waals surface area contributed by atoms with Crippen LogP contribution in [0.1, 0.15) is 38.3 Å². The van der Waals surface area contributed by atoms with Crippen LogP contribution in [0.2, 0.25) is 0 Å². The highest BCUT2D eigenvalue weighted by molar-refractivity contribution is 5.95. The van der Waals surface area contributed by atoms with Crippen molar-refractivity contribution >= 4 is 34.6 Å². The maximum atomic E-state index is 13.6. The van der Waals surface area contributed by atoms with Gasteiger partial charge in [-0.2, -0.15) is 0 Å². The molecule has 2 aromatic carbocycles. The van der Waals surface area contributed by atoms with Crippen LogP contribution in [0.25, 0.3) is 10.9 Å². The maximum Gasteiger partial charge on any atom is 0.328 e. The molecule has 1 aromatic heterocycles. The van der Waals surface area contributed by atoms with Crippen molar-refractivity contribution in [1.29, 1.82) is 0 Å². The molecule has 3 aromatic rings. The number of hydrogen-bond donors (Lipinski definition) is 7. The normalized spacial score (nSPS) is 15.0. The molecule has 3 amide bonds. The van der Waals surface area contributed by atoms with Gasteiger partial charge < -0.3 is 36.9 Å². The molecule has 0 fully saturated rings. The van der Waals surface area contributed by atoms with Crippen LogP contribution in [0.15, 0.2) is 60.8 Å². The second kappa shape index (κ2) is 14.4. The summed E-state index contributed by atoms with van der Waals surface area (Å²) in [7, 11) is 0. The van der Waals surface area contributed by atoms with Crippen LogP contribution in [0.4, 0.5) is 0 Å². The number of aliphatic hydroxyl groups is 1. The molecule has 1 heterocycles. The van der Waals surface area contributed by atoms with E-state index in [-0.39, 0.29) is 25.2 Å². The van der Waals surface area contributed by atoms with Crippen molar-refractivity contribution < 1.29 is 29.4 Å². The number of rotatable bonds is 14. The van der Waals surface area contributed by atoms with Crippen molar-refractivity contribution in [1.82, 2.24) is 20.9 Å². The molecule has 0 bridgehead atoms. The zero-order chi connectivity index (χ0) is 30.1. The Morgan fingerprint density at radius 1 is 0.829 bits per heavy atom. The van der Waals surface area contributed by atoms with Gasteiger partial charge in [-0.15, -0.1) is 0 Å². The van der Waals surface area contributed by atoms with Gasteiger partial charge in [0.25, 0.3) is 0 Å². The second-order valence-electron chi connectivity index (χ2n) is 10.7. The molecule has 5 unspecified atom stereocenters. The number of aliphatic carboxylic acids is 1. The Kier molecular flexibility index (Phi) is 11.0. The minimum atomic E-state index is -1.55. The van der Waals surface area contributed by atoms with E-state index in [4.69, 9.17) is 5.73 Å². The molecule has 3 rings (SSSR count). The first-order valence-electron chi connectivity index (χ1n) is 13.6. The molecule has 11 nitrogen and oxygen atoms in total. The first-order chi connectivity index (χ1) is 19.5. The number of carboxylic acids is 1. The number of carbonyl (C=O) groups excluding carboxylic acids is 3. The number of hydrogen-bond acceptors (Lipinski definition) is 6. The number of amides is 3. The molecular weight excluding hydrogens is 526 g/mol. The van der Waals surface area contributed by atoms with Crippen molar-refractivity contribution in [2.45, 2.75) is 70.3 Å². The first kappa shape index (κ1) is 31.3. The third-order valence-corrected chi connectivity index (χ3v) is 6.75. The Bertz CT molecular complexity index is 1340. The number of aromatic nitrogens is 1. The predicted octanol–water partition coefficient (Wildman–Crippen LogP) is 1.25. The van der Waals surface area contributed by atoms with Crippen molar-refractivity contribution in [2.24, 2.45) is 11.7 Å². The van der Waals surface area contributed by atoms with Crippen molar-refractivity contribution in [3.05, 3.63) is 71.9 Å². The molecule has 0 aliphatic carbocycles. The van der Waals surface area contributed by atoms with Gasteiger partial charge in [-0.05, 0) is 42.9 Å². The molecule has 41 heavy (non-hydrogen) atoms. The molecule has 0 spiro atoms. The van der Waals surface area contributed by atoms with Crippen LogP contribution in [0, 0.1) is 5.92 Å². The van der Waals surface area contributed by atoms with E-state index >= 15 is 0 Å². The number of nitrogens with one attached hydrogen (secondary N) is 4. The molecular formula is C30H39N5O6. The summed E-state index contributed by atoms with van der Waals surface area (Å²) in [5, 5.41) is 27.8. The fourth-order valence-corrected chi connectivity index (χ4v) is 4.59. The second-order valence-corrected chi connectivity index (χ2v) is 10.7. The predicted molar refractivity (Wildman–Crippen MR) is 155 cm³/mol. The number of benzene rings is 2. The Labute approximate surface area is 238 Å². The lowest BCUT2D eigenvalue weighted by molar-refractivity contribution is -0.145. The van der Waals surface area contributed by atoms with Gasteiger partial charge in [-0.25, -0.2) is 4.79 Å². The Morgan fingerprint density at radius 3 is 2.07 bits per heavy atom. The topological polar surface area (TPSA) is 187 Å². The van der Waals surface area contributed by atoms with Crippen LogP contribution in [0.5, 0.6) is 0 Å². The van der Waals surface area contributed by atoms with E-state index in [0.29, 0.717) is 0 Å². The molecule has 0 aliphatic rings. The Balaban J connectivity index is 1.84. The van der Waals surface area contributed by atoms with Crippen LogP contribution in [-0.2, 0) is 32.0 Å². The zero-order valence-corrected chi connectivity index (χ0v) is 23.5. The zero-order valence-electron chi connectivity index (χ0n) is 23.5. The van der Waals surface area contributed by atoms with E-state index in [1.165, 1.54) is 6.92 Å². The lowest BCUT2D eigenvalue weighted by Gasteiger charge is -2.26. The summed E-state index contributed by atoms with van der Waals surface area (Å²) in [6.45, 7) is 4.95. The highest BCUT2D eigenvalue weighted by Crippen LogP contribution is 2.19. The highest BCUT2D eigenvalue weighted by Gasteiger charge is 2.32. The summed E-state index contributed by atoms with van der Waals surface area (Å²) in [4.78, 5) is 54.6. The number of carbonyl (C=O) groups is 4. The smallest absolute Gasteiger partial charge is 0.328 e. The van der Waals surface area contributed by atoms with Gasteiger partial charge in [0.15, 0.2) is 6.04 Å². The van der Waals surface area contributed by atoms with Crippen LogP contribution < -0.4 is 21.7 Å². The molecule has 0 saturated heterocycles. The Hall–Kier alpha value is -4.22. The number of para-hydroxylation sites is 1. The van der Waals surface area contributed by atoms with E-state index in [1.807, 2.05) is 68.4 Å². The molecule has 8 N–H and O–H groups in total. The minimum absolute atomic E-state index is 0.0400. The van der Waals surface area contributed by atoms with E-state index in [1.54, 1.807) is 6.20 Å². The van der Waals surface area contributed by atoms with E-state index < -0.39 is 54.0 Å². The van der Waals surface area contributed by atoms with E-state index in [0.717, 1.165) is 22.0 Å². The lowest BCUT2D eigenvalue weighted by Crippen LogP contribution is -2.59. The van der Waals surface area contributed by atoms with Crippen molar-refractivity contribution in [2.75, 3.05) is 0 Å². The summed E-state index contributed by atoms with van der Waals surface area (Å²) in [5.41, 5.74) is 8.71. The van der Waals surface area contributed by atoms with Crippen LogP contribution >= 0.6 is 0 Å². The van der Waals surface area contributed by atoms with Gasteiger partial charge >= 0.3 is 5.97 Å². The van der Waals surface area contributed by atoms with Gasteiger partial charge in [0.05, 0.1) is 12.1 Å². The van der Waals surface area contributed by atoms with Gasteiger partial charge in [0, 0.05) is 23.5 Å². The van der Waals surface area contributed by atoms with Gasteiger partial charge in [0.1, 0.15) is 12.1 Å². The Morgan fingerprint density at radius 2 is 1.44 bits per heavy atom. The van der Waals surface area contributed by atoms with E-state index in [9.17, 15) is 29.4 Å². The van der Waals surface area contributed by atoms with Crippen molar-refractivity contribution in [3.8, 4) is 0 Å². The summed E-state index contributed by atoms with van der Waals surface area (Å²) in [6.07, 6.45) is 0.986. The maximum absolute atomic E-state index is 13.6. The fraction of sp³-hybridized carbons (Fsp3) is 0.400. The lowest BCUT2D eigenvalue weighted by atomic mass is 9.99. The van der Waals surface area contributed by atoms with Crippen molar-refractivity contribution in [3.63, 3.8) is 0 Å². The number of nitrogens with two attached hydrogens (primary N) is 1. The number of aromatic amines is 1. The third-order valence-electron chi connectivity index (χ3n) is 6.75. The minimum Gasteiger partial charge on any atom is -0.480 e. The summed E-state index contributed by atoms with van der Waals surface area (Å²) in [6, 6.07) is 12.1. The molecule has 220 valence electrons. The molecule has 0 saturated carbocycles. The largest absolute Gasteiger partial charge is 0.480 e. The number of H-pyrrole nitrogens is 1. The average molecular weight is 566 g/mol. The molecule has 0 radical (unpaired) electrons. The average Bonchev–Trinajstić information content (AvgIpc) is 3.33. The SMILES string of the molecule is CC(C)CC(NC(=O)C(Cc1c[nH]c2ccccc12)NC(=O)C(N)Cc1ccccc1)C(=O)NC(C(=O)O)C(C)O.